The van der Waals surface area contributed by atoms with E-state index >= 15 is 0 Å². The van der Waals surface area contributed by atoms with Crippen LogP contribution in [0.5, 0.6) is 5.75 Å². The van der Waals surface area contributed by atoms with E-state index in [1.165, 1.54) is 18.5 Å². The lowest BCUT2D eigenvalue weighted by atomic mass is 9.92. The molecule has 7 nitrogen and oxygen atoms in total. The summed E-state index contributed by atoms with van der Waals surface area (Å²) in [6.07, 6.45) is -3.22. The molecule has 4 heterocycles. The fraction of sp³-hybridized carbons (Fsp3) is 0.400. The monoisotopic (exact) mass is 437 g/mol. The topological polar surface area (TPSA) is 75.3 Å². The summed E-state index contributed by atoms with van der Waals surface area (Å²) in [4.78, 5) is 12.6. The summed E-state index contributed by atoms with van der Waals surface area (Å²) < 4.78 is 64.4. The molecule has 31 heavy (non-hydrogen) atoms. The molecule has 2 atom stereocenters. The molecule has 3 aromatic rings. The van der Waals surface area contributed by atoms with Gasteiger partial charge in [-0.15, -0.1) is 0 Å². The highest BCUT2D eigenvalue weighted by Crippen LogP contribution is 2.40. The summed E-state index contributed by atoms with van der Waals surface area (Å²) in [6.45, 7) is 1.68. The Morgan fingerprint density at radius 3 is 2.77 bits per heavy atom. The van der Waals surface area contributed by atoms with E-state index in [4.69, 9.17) is 9.47 Å². The first-order valence-electron chi connectivity index (χ1n) is 9.70. The molecule has 0 aliphatic carbocycles. The van der Waals surface area contributed by atoms with Gasteiger partial charge in [0, 0.05) is 31.8 Å². The van der Waals surface area contributed by atoms with Crippen LogP contribution in [-0.4, -0.2) is 58.8 Å². The van der Waals surface area contributed by atoms with E-state index in [-0.39, 0.29) is 35.0 Å². The van der Waals surface area contributed by atoms with Gasteiger partial charge in [-0.1, -0.05) is 6.07 Å². The van der Waals surface area contributed by atoms with Crippen molar-refractivity contribution in [1.82, 2.24) is 19.9 Å². The van der Waals surface area contributed by atoms with Gasteiger partial charge >= 0.3 is 6.18 Å². The van der Waals surface area contributed by atoms with Gasteiger partial charge in [-0.2, -0.15) is 13.2 Å². The van der Waals surface area contributed by atoms with Gasteiger partial charge in [0.15, 0.2) is 0 Å². The predicted octanol–water partition coefficient (Wildman–Crippen LogP) is 3.36. The average Bonchev–Trinajstić information content (AvgIpc) is 3.14. The fourth-order valence-corrected chi connectivity index (χ4v) is 4.10. The second kappa shape index (κ2) is 7.34. The molecule has 0 bridgehead atoms. The van der Waals surface area contributed by atoms with Gasteiger partial charge in [-0.25, -0.2) is 14.4 Å². The summed E-state index contributed by atoms with van der Waals surface area (Å²) in [7, 11) is 1.65. The zero-order valence-corrected chi connectivity index (χ0v) is 16.4. The summed E-state index contributed by atoms with van der Waals surface area (Å²) in [5, 5.41) is 3.50. The number of hydrogen-bond donors (Lipinski definition) is 2. The van der Waals surface area contributed by atoms with Crippen molar-refractivity contribution in [3.05, 3.63) is 47.7 Å². The lowest BCUT2D eigenvalue weighted by Gasteiger charge is -2.48. The molecule has 1 saturated heterocycles. The van der Waals surface area contributed by atoms with E-state index in [9.17, 15) is 17.6 Å². The molecule has 1 aromatic carbocycles. The molecule has 2 N–H and O–H groups in total. The second-order valence-corrected chi connectivity index (χ2v) is 7.66. The number of benzene rings is 1. The van der Waals surface area contributed by atoms with Crippen LogP contribution >= 0.6 is 0 Å². The molecule has 11 heteroatoms. The highest BCUT2D eigenvalue weighted by atomic mass is 19.4. The summed E-state index contributed by atoms with van der Waals surface area (Å²) >= 11 is 0. The van der Waals surface area contributed by atoms with Gasteiger partial charge in [0.05, 0.1) is 23.6 Å². The number of nitrogens with one attached hydrogen (secondary N) is 2. The second-order valence-electron chi connectivity index (χ2n) is 7.66. The third-order valence-electron chi connectivity index (χ3n) is 5.81. The lowest BCUT2D eigenvalue weighted by Crippen LogP contribution is -2.60. The zero-order chi connectivity index (χ0) is 21.8. The van der Waals surface area contributed by atoms with Gasteiger partial charge in [0.25, 0.3) is 0 Å². The number of hydrogen-bond acceptors (Lipinski definition) is 6. The molecule has 1 fully saturated rings. The highest BCUT2D eigenvalue weighted by molar-refractivity contribution is 5.88. The number of H-pyrrole nitrogens is 1. The van der Waals surface area contributed by atoms with Gasteiger partial charge in [0.2, 0.25) is 0 Å². The van der Waals surface area contributed by atoms with Crippen molar-refractivity contribution in [2.45, 2.75) is 24.4 Å². The van der Waals surface area contributed by atoms with Crippen LogP contribution in [0.1, 0.15) is 17.3 Å². The van der Waals surface area contributed by atoms with Gasteiger partial charge in [-0.05, 0) is 12.1 Å². The smallest absolute Gasteiger partial charge is 0.431 e. The number of fused-ring (bicyclic) bond motifs is 2. The van der Waals surface area contributed by atoms with E-state index in [1.807, 2.05) is 0 Å². The first-order chi connectivity index (χ1) is 14.8. The predicted molar refractivity (Wildman–Crippen MR) is 103 cm³/mol. The Kier molecular flexibility index (Phi) is 4.74. The van der Waals surface area contributed by atoms with Crippen LogP contribution in [0.25, 0.3) is 11.0 Å². The van der Waals surface area contributed by atoms with Gasteiger partial charge in [-0.3, -0.25) is 4.90 Å². The molecular weight excluding hydrogens is 418 g/mol. The van der Waals surface area contributed by atoms with Crippen LogP contribution in [0.2, 0.25) is 0 Å². The van der Waals surface area contributed by atoms with Crippen LogP contribution in [0, 0.1) is 5.82 Å². The Hall–Kier alpha value is -2.92. The van der Waals surface area contributed by atoms with E-state index < -0.39 is 17.7 Å². The minimum Gasteiger partial charge on any atom is -0.491 e. The molecule has 2 aliphatic rings. The molecule has 2 aromatic heterocycles. The van der Waals surface area contributed by atoms with Crippen molar-refractivity contribution < 1.29 is 27.0 Å². The number of nitrogens with zero attached hydrogens (tertiary/aromatic N) is 3. The number of alkyl halides is 3. The minimum absolute atomic E-state index is 0.0798. The number of methoxy groups -OCH3 is 1. The van der Waals surface area contributed by atoms with Crippen LogP contribution in [0.4, 0.5) is 23.4 Å². The molecule has 5 rings (SSSR count). The van der Waals surface area contributed by atoms with Gasteiger partial charge in [0.1, 0.15) is 41.7 Å². The van der Waals surface area contributed by atoms with Gasteiger partial charge < -0.3 is 19.8 Å². The maximum atomic E-state index is 13.7. The molecule has 0 saturated carbocycles. The summed E-state index contributed by atoms with van der Waals surface area (Å²) in [6, 6.07) is 4.73. The zero-order valence-electron chi connectivity index (χ0n) is 16.4. The maximum absolute atomic E-state index is 13.7. The quantitative estimate of drug-likeness (QED) is 0.610. The van der Waals surface area contributed by atoms with E-state index in [0.717, 1.165) is 6.07 Å². The number of aromatic amines is 1. The number of likely N-dealkylation sites (tertiary alicyclic amines) is 1. The van der Waals surface area contributed by atoms with Crippen molar-refractivity contribution in [1.29, 1.82) is 0 Å². The van der Waals surface area contributed by atoms with Crippen molar-refractivity contribution in [2.24, 2.45) is 0 Å². The van der Waals surface area contributed by atoms with Crippen LogP contribution in [0.3, 0.4) is 0 Å². The molecular formula is C20H19F4N5O2. The Morgan fingerprint density at radius 1 is 1.23 bits per heavy atom. The Bertz CT molecular complexity index is 1110. The normalized spacial score (nSPS) is 22.1. The average molecular weight is 437 g/mol. The molecule has 2 unspecified atom stereocenters. The number of aromatic nitrogens is 3. The van der Waals surface area contributed by atoms with Crippen LogP contribution in [-0.2, 0) is 10.9 Å². The SMILES string of the molecule is COC1CN(C2COc3cc(F)ccc3C2Nc2ncnc3[nH]c(C(F)(F)F)cc23)C1. The van der Waals surface area contributed by atoms with E-state index in [0.29, 0.717) is 31.0 Å². The number of anilines is 1. The third kappa shape index (κ3) is 3.57. The first kappa shape index (κ1) is 20.0. The van der Waals surface area contributed by atoms with Crippen molar-refractivity contribution in [2.75, 3.05) is 32.1 Å². The Balaban J connectivity index is 1.52. The van der Waals surface area contributed by atoms with Crippen LogP contribution < -0.4 is 10.1 Å². The Labute approximate surface area is 174 Å². The summed E-state index contributed by atoms with van der Waals surface area (Å²) in [5.74, 6) is 0.227. The van der Waals surface area contributed by atoms with Crippen molar-refractivity contribution >= 4 is 16.9 Å². The Morgan fingerprint density at radius 2 is 2.03 bits per heavy atom. The molecule has 164 valence electrons. The standard InChI is InChI=1S/C20H19F4N5O2/c1-30-11-6-29(7-11)14-8-31-15-4-10(21)2-3-12(15)17(14)28-19-13-5-16(20(22,23)24)27-18(13)25-9-26-19/h2-5,9,11,14,17H,6-8H2,1H3,(H2,25,26,27,28). The van der Waals surface area contributed by atoms with Crippen molar-refractivity contribution in [3.63, 3.8) is 0 Å². The third-order valence-corrected chi connectivity index (χ3v) is 5.81. The largest absolute Gasteiger partial charge is 0.491 e. The minimum atomic E-state index is -4.53. The lowest BCUT2D eigenvalue weighted by molar-refractivity contribution is -0.140. The number of rotatable bonds is 4. The molecule has 0 spiro atoms. The molecule has 0 amide bonds. The molecule has 2 aliphatic heterocycles. The number of ether oxygens (including phenoxy) is 2. The van der Waals surface area contributed by atoms with E-state index in [1.54, 1.807) is 13.2 Å². The first-order valence-corrected chi connectivity index (χ1v) is 9.70. The molecule has 0 radical (unpaired) electrons. The highest BCUT2D eigenvalue weighted by Gasteiger charge is 2.41. The summed E-state index contributed by atoms with van der Waals surface area (Å²) in [5.41, 5.74) is -0.115. The number of halogens is 4. The maximum Gasteiger partial charge on any atom is 0.431 e. The van der Waals surface area contributed by atoms with Crippen molar-refractivity contribution in [3.8, 4) is 5.75 Å². The fourth-order valence-electron chi connectivity index (χ4n) is 4.10. The van der Waals surface area contributed by atoms with Crippen LogP contribution in [0.15, 0.2) is 30.6 Å². The van der Waals surface area contributed by atoms with E-state index in [2.05, 4.69) is 25.2 Å².